The lowest BCUT2D eigenvalue weighted by Crippen LogP contribution is -2.56. The van der Waals surface area contributed by atoms with Gasteiger partial charge in [0.1, 0.15) is 0 Å². The molecular weight excluding hydrogens is 478 g/mol. The SMILES string of the molecule is COc1cnccc1NC(=O)CCN1C[C@]2(CC[C@@](c3ccccc3)(N(C)C)CC2)N(CC2CCC2)C1=O. The number of hydrogen-bond acceptors (Lipinski definition) is 5. The van der Waals surface area contributed by atoms with Crippen LogP contribution in [0.4, 0.5) is 10.5 Å². The van der Waals surface area contributed by atoms with E-state index in [4.69, 9.17) is 4.74 Å². The lowest BCUT2D eigenvalue weighted by molar-refractivity contribution is -0.116. The number of carbonyl (C=O) groups excluding carboxylic acids is 2. The zero-order valence-corrected chi connectivity index (χ0v) is 23.0. The van der Waals surface area contributed by atoms with Crippen molar-refractivity contribution in [1.82, 2.24) is 19.7 Å². The van der Waals surface area contributed by atoms with Crippen molar-refractivity contribution in [2.75, 3.05) is 46.2 Å². The molecule has 8 nitrogen and oxygen atoms in total. The van der Waals surface area contributed by atoms with E-state index < -0.39 is 0 Å². The van der Waals surface area contributed by atoms with Gasteiger partial charge < -0.3 is 19.9 Å². The number of methoxy groups -OCH3 is 1. The molecule has 5 rings (SSSR count). The highest BCUT2D eigenvalue weighted by Crippen LogP contribution is 2.49. The minimum atomic E-state index is -0.161. The Morgan fingerprint density at radius 3 is 2.50 bits per heavy atom. The highest BCUT2D eigenvalue weighted by Gasteiger charge is 2.54. The van der Waals surface area contributed by atoms with Crippen molar-refractivity contribution in [3.63, 3.8) is 0 Å². The average molecular weight is 520 g/mol. The zero-order valence-electron chi connectivity index (χ0n) is 23.0. The molecule has 0 atom stereocenters. The van der Waals surface area contributed by atoms with Crippen molar-refractivity contribution >= 4 is 17.6 Å². The molecule has 1 aromatic heterocycles. The second-order valence-electron chi connectivity index (χ2n) is 11.5. The fourth-order valence-electron chi connectivity index (χ4n) is 6.66. The number of carbonyl (C=O) groups is 2. The van der Waals surface area contributed by atoms with Gasteiger partial charge in [-0.05, 0) is 70.2 Å². The Morgan fingerprint density at radius 1 is 1.13 bits per heavy atom. The van der Waals surface area contributed by atoms with E-state index in [9.17, 15) is 9.59 Å². The largest absolute Gasteiger partial charge is 0.493 e. The van der Waals surface area contributed by atoms with Crippen molar-refractivity contribution in [3.8, 4) is 5.75 Å². The van der Waals surface area contributed by atoms with E-state index in [2.05, 4.69) is 64.5 Å². The quantitative estimate of drug-likeness (QED) is 0.518. The highest BCUT2D eigenvalue weighted by molar-refractivity contribution is 5.92. The van der Waals surface area contributed by atoms with E-state index in [0.717, 1.165) is 32.2 Å². The van der Waals surface area contributed by atoms with E-state index in [0.29, 0.717) is 30.4 Å². The monoisotopic (exact) mass is 519 g/mol. The van der Waals surface area contributed by atoms with Crippen molar-refractivity contribution in [2.24, 2.45) is 5.92 Å². The summed E-state index contributed by atoms with van der Waals surface area (Å²) < 4.78 is 5.30. The molecule has 0 radical (unpaired) electrons. The van der Waals surface area contributed by atoms with Crippen LogP contribution in [0.2, 0.25) is 0 Å². The molecule has 38 heavy (non-hydrogen) atoms. The number of rotatable bonds is 9. The Hall–Kier alpha value is -3.13. The van der Waals surface area contributed by atoms with Crippen LogP contribution in [0.15, 0.2) is 48.8 Å². The molecular formula is C30H41N5O3. The molecule has 1 N–H and O–H groups in total. The van der Waals surface area contributed by atoms with Gasteiger partial charge in [0.2, 0.25) is 5.91 Å². The maximum atomic E-state index is 13.8. The van der Waals surface area contributed by atoms with Crippen molar-refractivity contribution in [2.45, 2.75) is 62.4 Å². The van der Waals surface area contributed by atoms with Gasteiger partial charge >= 0.3 is 6.03 Å². The second kappa shape index (κ2) is 10.9. The van der Waals surface area contributed by atoms with Crippen molar-refractivity contribution in [3.05, 3.63) is 54.4 Å². The number of nitrogens with one attached hydrogen (secondary N) is 1. The summed E-state index contributed by atoms with van der Waals surface area (Å²) in [6.45, 7) is 1.96. The standard InChI is InChI=1S/C30H41N5O3/c1-33(2)30(24-10-5-4-6-11-24)16-14-29(15-17-30)22-34(28(37)35(29)21-23-8-7-9-23)19-13-27(36)32-25-12-18-31-20-26(25)38-3/h4-6,10-12,18,20,23H,7-9,13-17,19,21-22H2,1-3H3,(H,31,32,36)/t29-,30-. The van der Waals surface area contributed by atoms with E-state index in [1.54, 1.807) is 25.6 Å². The molecule has 3 aliphatic rings. The van der Waals surface area contributed by atoms with Crippen LogP contribution in [0.5, 0.6) is 5.75 Å². The number of aromatic nitrogens is 1. The third-order valence-electron chi connectivity index (χ3n) is 9.29. The number of ether oxygens (including phenoxy) is 1. The molecule has 2 heterocycles. The van der Waals surface area contributed by atoms with Gasteiger partial charge in [0.15, 0.2) is 5.75 Å². The number of anilines is 1. The van der Waals surface area contributed by atoms with Crippen molar-refractivity contribution in [1.29, 1.82) is 0 Å². The van der Waals surface area contributed by atoms with E-state index >= 15 is 0 Å². The summed E-state index contributed by atoms with van der Waals surface area (Å²) in [6.07, 6.45) is 11.1. The third-order valence-corrected chi connectivity index (χ3v) is 9.29. The number of benzene rings is 1. The van der Waals surface area contributed by atoms with Crippen LogP contribution in [0.1, 0.15) is 56.9 Å². The molecule has 1 spiro atoms. The number of nitrogens with zero attached hydrogens (tertiary/aromatic N) is 4. The predicted octanol–water partition coefficient (Wildman–Crippen LogP) is 4.73. The smallest absolute Gasteiger partial charge is 0.320 e. The maximum absolute atomic E-state index is 13.8. The van der Waals surface area contributed by atoms with Crippen LogP contribution < -0.4 is 10.1 Å². The van der Waals surface area contributed by atoms with Crippen LogP contribution in [0.3, 0.4) is 0 Å². The summed E-state index contributed by atoms with van der Waals surface area (Å²) in [4.78, 5) is 37.1. The molecule has 2 aromatic rings. The van der Waals surface area contributed by atoms with Gasteiger partial charge in [-0.15, -0.1) is 0 Å². The summed E-state index contributed by atoms with van der Waals surface area (Å²) in [5, 5.41) is 2.91. The Balaban J connectivity index is 1.29. The molecule has 204 valence electrons. The molecule has 3 amide bonds. The molecule has 3 fully saturated rings. The van der Waals surface area contributed by atoms with E-state index in [1.165, 1.54) is 24.8 Å². The summed E-state index contributed by atoms with van der Waals surface area (Å²) >= 11 is 0. The Bertz CT molecular complexity index is 1130. The Morgan fingerprint density at radius 2 is 1.87 bits per heavy atom. The molecule has 0 bridgehead atoms. The first kappa shape index (κ1) is 26.5. The van der Waals surface area contributed by atoms with Gasteiger partial charge in [0.25, 0.3) is 0 Å². The summed E-state index contributed by atoms with van der Waals surface area (Å²) in [5.74, 6) is 0.995. The normalized spacial score (nSPS) is 25.6. The van der Waals surface area contributed by atoms with Gasteiger partial charge in [-0.3, -0.25) is 14.7 Å². The van der Waals surface area contributed by atoms with Crippen LogP contribution in [0, 0.1) is 5.92 Å². The van der Waals surface area contributed by atoms with E-state index in [-0.39, 0.29) is 29.4 Å². The maximum Gasteiger partial charge on any atom is 0.320 e. The van der Waals surface area contributed by atoms with Crippen LogP contribution in [0.25, 0.3) is 0 Å². The lowest BCUT2D eigenvalue weighted by Gasteiger charge is -2.51. The lowest BCUT2D eigenvalue weighted by atomic mass is 9.68. The average Bonchev–Trinajstić information content (AvgIpc) is 3.16. The van der Waals surface area contributed by atoms with Crippen molar-refractivity contribution < 1.29 is 14.3 Å². The van der Waals surface area contributed by atoms with Crippen LogP contribution in [-0.4, -0.2) is 78.0 Å². The fraction of sp³-hybridized carbons (Fsp3) is 0.567. The Labute approximate surface area is 226 Å². The zero-order chi connectivity index (χ0) is 26.8. The molecule has 2 aliphatic carbocycles. The molecule has 2 saturated carbocycles. The van der Waals surface area contributed by atoms with Gasteiger partial charge in [0.05, 0.1) is 24.5 Å². The first-order valence-corrected chi connectivity index (χ1v) is 13.9. The predicted molar refractivity (Wildman–Crippen MR) is 148 cm³/mol. The highest BCUT2D eigenvalue weighted by atomic mass is 16.5. The minimum absolute atomic E-state index is 0.0192. The van der Waals surface area contributed by atoms with Gasteiger partial charge in [-0.1, -0.05) is 36.8 Å². The fourth-order valence-corrected chi connectivity index (χ4v) is 6.66. The van der Waals surface area contributed by atoms with Crippen LogP contribution in [-0.2, 0) is 10.3 Å². The molecule has 1 saturated heterocycles. The number of amides is 3. The molecule has 8 heteroatoms. The number of pyridine rings is 1. The topological polar surface area (TPSA) is 78.0 Å². The second-order valence-corrected chi connectivity index (χ2v) is 11.5. The molecule has 0 unspecified atom stereocenters. The minimum Gasteiger partial charge on any atom is -0.493 e. The number of urea groups is 1. The van der Waals surface area contributed by atoms with Gasteiger partial charge in [-0.2, -0.15) is 0 Å². The van der Waals surface area contributed by atoms with Gasteiger partial charge in [0, 0.05) is 37.8 Å². The first-order chi connectivity index (χ1) is 18.4. The Kier molecular flexibility index (Phi) is 7.61. The summed E-state index contributed by atoms with van der Waals surface area (Å²) in [7, 11) is 5.91. The first-order valence-electron chi connectivity index (χ1n) is 13.9. The summed E-state index contributed by atoms with van der Waals surface area (Å²) in [5.41, 5.74) is 1.77. The van der Waals surface area contributed by atoms with Crippen LogP contribution >= 0.6 is 0 Å². The third kappa shape index (κ3) is 4.98. The van der Waals surface area contributed by atoms with Gasteiger partial charge in [-0.25, -0.2) is 4.79 Å². The molecule has 1 aliphatic heterocycles. The molecule has 1 aromatic carbocycles. The summed E-state index contributed by atoms with van der Waals surface area (Å²) in [6, 6.07) is 12.6. The van der Waals surface area contributed by atoms with E-state index in [1.807, 2.05) is 4.90 Å². The number of hydrogen-bond donors (Lipinski definition) is 1.